The Kier molecular flexibility index (Phi) is 8.67. The zero-order valence-electron chi connectivity index (χ0n) is 14.0. The maximum absolute atomic E-state index is 9.61. The number of hydrogen-bond donors (Lipinski definition) is 3. The molecule has 0 aliphatic heterocycles. The van der Waals surface area contributed by atoms with Gasteiger partial charge in [-0.3, -0.25) is 0 Å². The fourth-order valence-corrected chi connectivity index (χ4v) is 3.33. The molecule has 24 heavy (non-hydrogen) atoms. The molecule has 2 aliphatic rings. The summed E-state index contributed by atoms with van der Waals surface area (Å²) < 4.78 is 5.18. The normalized spacial score (nSPS) is 29.0. The molecule has 4 N–H and O–H groups in total. The maximum atomic E-state index is 9.61. The zero-order valence-corrected chi connectivity index (χ0v) is 15.6. The molecule has 3 rings (SSSR count). The molecule has 0 radical (unpaired) electrons. The minimum atomic E-state index is -0.139. The van der Waals surface area contributed by atoms with Gasteiger partial charge in [0.2, 0.25) is 0 Å². The minimum absolute atomic E-state index is 0. The van der Waals surface area contributed by atoms with Crippen molar-refractivity contribution < 1.29 is 9.84 Å². The van der Waals surface area contributed by atoms with Crippen molar-refractivity contribution in [2.24, 2.45) is 5.73 Å². The number of aliphatic hydroxyl groups is 1. The van der Waals surface area contributed by atoms with E-state index in [2.05, 4.69) is 21.4 Å². The largest absolute Gasteiger partial charge is 0.393 e. The lowest BCUT2D eigenvalue weighted by atomic mass is 9.78. The maximum Gasteiger partial charge on any atom is 0.156 e. The van der Waals surface area contributed by atoms with Gasteiger partial charge in [0.25, 0.3) is 0 Å². The lowest BCUT2D eigenvalue weighted by molar-refractivity contribution is 0.126. The van der Waals surface area contributed by atoms with Crippen LogP contribution in [-0.4, -0.2) is 40.4 Å². The quantitative estimate of drug-likeness (QED) is 0.728. The van der Waals surface area contributed by atoms with Gasteiger partial charge < -0.3 is 20.9 Å². The number of ether oxygens (including phenoxy) is 1. The van der Waals surface area contributed by atoms with Gasteiger partial charge in [-0.1, -0.05) is 0 Å². The summed E-state index contributed by atoms with van der Waals surface area (Å²) in [7, 11) is 1.66. The SMILES string of the molecule is COCc1nc(NC2CCC(O)CC2)cc(C2CC(N)C2)n1.Cl.Cl. The molecule has 0 spiro atoms. The molecular formula is C16H28Cl2N4O2. The third-order valence-corrected chi connectivity index (χ3v) is 4.71. The van der Waals surface area contributed by atoms with Crippen LogP contribution in [0.4, 0.5) is 5.82 Å². The lowest BCUT2D eigenvalue weighted by Crippen LogP contribution is -2.35. The third-order valence-electron chi connectivity index (χ3n) is 4.71. The van der Waals surface area contributed by atoms with Crippen molar-refractivity contribution in [3.8, 4) is 0 Å². The average molecular weight is 379 g/mol. The second-order valence-electron chi connectivity index (χ2n) is 6.61. The highest BCUT2D eigenvalue weighted by atomic mass is 35.5. The summed E-state index contributed by atoms with van der Waals surface area (Å²) >= 11 is 0. The first kappa shape index (κ1) is 21.4. The van der Waals surface area contributed by atoms with Crippen LogP contribution < -0.4 is 11.1 Å². The van der Waals surface area contributed by atoms with Gasteiger partial charge in [-0.2, -0.15) is 0 Å². The molecule has 6 nitrogen and oxygen atoms in total. The number of nitrogens with one attached hydrogen (secondary N) is 1. The molecule has 138 valence electrons. The standard InChI is InChI=1S/C16H26N4O2.2ClH/c1-22-9-16-19-14(10-6-11(17)7-10)8-15(20-16)18-12-2-4-13(21)5-3-12;;/h8,10-13,21H,2-7,9,17H2,1H3,(H,18,19,20);2*1H. The van der Waals surface area contributed by atoms with E-state index in [1.54, 1.807) is 7.11 Å². The molecule has 2 saturated carbocycles. The Morgan fingerprint density at radius 2 is 1.88 bits per heavy atom. The Bertz CT molecular complexity index is 507. The Hall–Kier alpha value is -0.660. The van der Waals surface area contributed by atoms with Crippen molar-refractivity contribution in [1.82, 2.24) is 9.97 Å². The summed E-state index contributed by atoms with van der Waals surface area (Å²) in [5.41, 5.74) is 6.97. The van der Waals surface area contributed by atoms with Gasteiger partial charge in [-0.15, -0.1) is 24.8 Å². The highest BCUT2D eigenvalue weighted by Gasteiger charge is 2.29. The molecule has 0 bridgehead atoms. The first-order chi connectivity index (χ1) is 10.6. The van der Waals surface area contributed by atoms with Crippen LogP contribution in [-0.2, 0) is 11.3 Å². The second kappa shape index (κ2) is 9.73. The van der Waals surface area contributed by atoms with Gasteiger partial charge >= 0.3 is 0 Å². The average Bonchev–Trinajstić information content (AvgIpc) is 2.46. The van der Waals surface area contributed by atoms with E-state index in [0.717, 1.165) is 55.9 Å². The molecular weight excluding hydrogens is 351 g/mol. The van der Waals surface area contributed by atoms with E-state index < -0.39 is 0 Å². The second-order valence-corrected chi connectivity index (χ2v) is 6.61. The number of anilines is 1. The summed E-state index contributed by atoms with van der Waals surface area (Å²) in [4.78, 5) is 9.17. The summed E-state index contributed by atoms with van der Waals surface area (Å²) in [5, 5.41) is 13.1. The summed E-state index contributed by atoms with van der Waals surface area (Å²) in [6.07, 6.45) is 5.54. The minimum Gasteiger partial charge on any atom is -0.393 e. The monoisotopic (exact) mass is 378 g/mol. The van der Waals surface area contributed by atoms with Gasteiger partial charge in [-0.05, 0) is 38.5 Å². The number of rotatable bonds is 5. The Morgan fingerprint density at radius 1 is 1.21 bits per heavy atom. The Labute approximate surface area is 155 Å². The first-order valence-corrected chi connectivity index (χ1v) is 8.21. The van der Waals surface area contributed by atoms with E-state index in [0.29, 0.717) is 24.6 Å². The van der Waals surface area contributed by atoms with Crippen LogP contribution in [0.25, 0.3) is 0 Å². The predicted octanol–water partition coefficient (Wildman–Crippen LogP) is 2.39. The molecule has 8 heteroatoms. The van der Waals surface area contributed by atoms with E-state index in [1.165, 1.54) is 0 Å². The van der Waals surface area contributed by atoms with Crippen LogP contribution in [0.5, 0.6) is 0 Å². The number of nitrogens with zero attached hydrogens (tertiary/aromatic N) is 2. The van der Waals surface area contributed by atoms with Gasteiger partial charge in [0.15, 0.2) is 5.82 Å². The van der Waals surface area contributed by atoms with E-state index >= 15 is 0 Å². The highest BCUT2D eigenvalue weighted by molar-refractivity contribution is 5.85. The fourth-order valence-electron chi connectivity index (χ4n) is 3.33. The van der Waals surface area contributed by atoms with Crippen molar-refractivity contribution in [1.29, 1.82) is 0 Å². The first-order valence-electron chi connectivity index (χ1n) is 8.21. The number of hydrogen-bond acceptors (Lipinski definition) is 6. The molecule has 0 unspecified atom stereocenters. The number of halogens is 2. The molecule has 1 aromatic rings. The summed E-state index contributed by atoms with van der Waals surface area (Å²) in [5.74, 6) is 2.04. The number of aliphatic hydroxyl groups excluding tert-OH is 1. The van der Waals surface area contributed by atoms with E-state index in [1.807, 2.05) is 0 Å². The third kappa shape index (κ3) is 5.43. The smallest absolute Gasteiger partial charge is 0.156 e. The van der Waals surface area contributed by atoms with Crippen molar-refractivity contribution in [3.63, 3.8) is 0 Å². The molecule has 2 fully saturated rings. The molecule has 2 aliphatic carbocycles. The fraction of sp³-hybridized carbons (Fsp3) is 0.750. The van der Waals surface area contributed by atoms with E-state index in [9.17, 15) is 5.11 Å². The van der Waals surface area contributed by atoms with Crippen LogP contribution in [0.1, 0.15) is 56.0 Å². The van der Waals surface area contributed by atoms with Crippen molar-refractivity contribution in [3.05, 3.63) is 17.6 Å². The van der Waals surface area contributed by atoms with Crippen LogP contribution in [0.15, 0.2) is 6.07 Å². The highest BCUT2D eigenvalue weighted by Crippen LogP contribution is 2.35. The molecule has 1 heterocycles. The van der Waals surface area contributed by atoms with Gasteiger partial charge in [0.1, 0.15) is 12.4 Å². The number of nitrogens with two attached hydrogens (primary N) is 1. The summed E-state index contributed by atoms with van der Waals surface area (Å²) in [6, 6.07) is 2.74. The summed E-state index contributed by atoms with van der Waals surface area (Å²) in [6.45, 7) is 0.421. The molecule has 0 saturated heterocycles. The van der Waals surface area contributed by atoms with Gasteiger partial charge in [0.05, 0.1) is 6.10 Å². The molecule has 1 aromatic heterocycles. The Morgan fingerprint density at radius 3 is 2.46 bits per heavy atom. The van der Waals surface area contributed by atoms with Crippen molar-refractivity contribution in [2.75, 3.05) is 12.4 Å². The molecule has 0 aromatic carbocycles. The molecule has 0 atom stereocenters. The van der Waals surface area contributed by atoms with Gasteiger partial charge in [-0.25, -0.2) is 9.97 Å². The number of methoxy groups -OCH3 is 1. The lowest BCUT2D eigenvalue weighted by Gasteiger charge is -2.32. The predicted molar refractivity (Wildman–Crippen MR) is 99.1 cm³/mol. The van der Waals surface area contributed by atoms with E-state index in [-0.39, 0.29) is 30.9 Å². The van der Waals surface area contributed by atoms with Crippen LogP contribution in [0.2, 0.25) is 0 Å². The zero-order chi connectivity index (χ0) is 15.5. The van der Waals surface area contributed by atoms with Gasteiger partial charge in [0, 0.05) is 36.9 Å². The van der Waals surface area contributed by atoms with Crippen LogP contribution in [0, 0.1) is 0 Å². The Balaban J connectivity index is 0.00000144. The van der Waals surface area contributed by atoms with Crippen molar-refractivity contribution >= 4 is 30.6 Å². The number of aromatic nitrogens is 2. The van der Waals surface area contributed by atoms with Crippen LogP contribution in [0.3, 0.4) is 0 Å². The molecule has 0 amide bonds. The topological polar surface area (TPSA) is 93.3 Å². The van der Waals surface area contributed by atoms with Crippen molar-refractivity contribution in [2.45, 2.75) is 69.2 Å². The van der Waals surface area contributed by atoms with Crippen LogP contribution >= 0.6 is 24.8 Å². The van der Waals surface area contributed by atoms with E-state index in [4.69, 9.17) is 10.5 Å².